The Balaban J connectivity index is 2.06. The van der Waals surface area contributed by atoms with Gasteiger partial charge in [0.25, 0.3) is 0 Å². The molecule has 1 aromatic heterocycles. The molecule has 1 unspecified atom stereocenters. The number of rotatable bonds is 9. The van der Waals surface area contributed by atoms with Crippen molar-refractivity contribution in [3.8, 4) is 17.2 Å². The Morgan fingerprint density at radius 3 is 2.42 bits per heavy atom. The van der Waals surface area contributed by atoms with E-state index in [-0.39, 0.29) is 17.6 Å². The third kappa shape index (κ3) is 4.78. The van der Waals surface area contributed by atoms with Crippen molar-refractivity contribution >= 4 is 5.97 Å². The minimum atomic E-state index is -1.09. The van der Waals surface area contributed by atoms with Gasteiger partial charge in [-0.2, -0.15) is 0 Å². The molecule has 1 N–H and O–H groups in total. The lowest BCUT2D eigenvalue weighted by Crippen LogP contribution is -2.29. The summed E-state index contributed by atoms with van der Waals surface area (Å²) in [5, 5.41) is 9.13. The van der Waals surface area contributed by atoms with Crippen LogP contribution in [0.5, 0.6) is 17.2 Å². The first-order chi connectivity index (χ1) is 12.5. The summed E-state index contributed by atoms with van der Waals surface area (Å²) in [6, 6.07) is 8.60. The fourth-order valence-corrected chi connectivity index (χ4v) is 2.42. The molecule has 0 saturated carbocycles. The molecule has 7 heteroatoms. The predicted molar refractivity (Wildman–Crippen MR) is 96.3 cm³/mol. The molecule has 0 aliphatic heterocycles. The molecule has 1 aromatic carbocycles. The van der Waals surface area contributed by atoms with Gasteiger partial charge >= 0.3 is 5.97 Å². The van der Waals surface area contributed by atoms with Gasteiger partial charge in [0.15, 0.2) is 11.9 Å². The highest BCUT2D eigenvalue weighted by Gasteiger charge is 2.20. The van der Waals surface area contributed by atoms with Crippen LogP contribution >= 0.6 is 0 Å². The maximum absolute atomic E-state index is 12.0. The van der Waals surface area contributed by atoms with Crippen molar-refractivity contribution in [1.29, 1.82) is 0 Å². The zero-order chi connectivity index (χ0) is 19.1. The number of methoxy groups -OCH3 is 1. The van der Waals surface area contributed by atoms with Crippen LogP contribution in [-0.4, -0.2) is 35.5 Å². The highest BCUT2D eigenvalue weighted by atomic mass is 16.5. The zero-order valence-corrected chi connectivity index (χ0v) is 15.1. The first-order valence-corrected chi connectivity index (χ1v) is 8.32. The Morgan fingerprint density at radius 2 is 1.85 bits per heavy atom. The Labute approximate surface area is 151 Å². The Morgan fingerprint density at radius 1 is 1.19 bits per heavy atom. The summed E-state index contributed by atoms with van der Waals surface area (Å²) in [6.07, 6.45) is 0.862. The molecule has 1 heterocycles. The van der Waals surface area contributed by atoms with E-state index in [1.54, 1.807) is 31.7 Å². The van der Waals surface area contributed by atoms with Gasteiger partial charge in [0.05, 0.1) is 19.3 Å². The maximum Gasteiger partial charge on any atom is 0.344 e. The van der Waals surface area contributed by atoms with Crippen molar-refractivity contribution in [2.75, 3.05) is 13.7 Å². The number of nitrogens with zero attached hydrogens (tertiary/aromatic N) is 1. The highest BCUT2D eigenvalue weighted by Crippen LogP contribution is 2.18. The fraction of sp³-hybridized carbons (Fsp3) is 0.368. The largest absolute Gasteiger partial charge is 0.497 e. The van der Waals surface area contributed by atoms with Gasteiger partial charge in [-0.05, 0) is 37.6 Å². The Kier molecular flexibility index (Phi) is 6.66. The molecule has 0 saturated heterocycles. The normalized spacial score (nSPS) is 11.7. The van der Waals surface area contributed by atoms with Gasteiger partial charge in [0.1, 0.15) is 18.1 Å². The molecule has 0 bridgehead atoms. The van der Waals surface area contributed by atoms with Crippen molar-refractivity contribution in [2.24, 2.45) is 0 Å². The number of hydrogen-bond acceptors (Lipinski definition) is 5. The van der Waals surface area contributed by atoms with Crippen LogP contribution in [0.3, 0.4) is 0 Å². The zero-order valence-electron chi connectivity index (χ0n) is 15.1. The SMILES string of the molecule is CCC(Oc1c(C)n(CCOc2ccc(OC)cc2)ccc1=O)C(=O)O. The minimum Gasteiger partial charge on any atom is -0.497 e. The van der Waals surface area contributed by atoms with Crippen LogP contribution in [0.15, 0.2) is 41.3 Å². The number of carboxylic acid groups (broad SMARTS) is 1. The van der Waals surface area contributed by atoms with Crippen LogP contribution in [0.2, 0.25) is 0 Å². The number of aliphatic carboxylic acids is 1. The molecule has 0 aliphatic carbocycles. The van der Waals surface area contributed by atoms with E-state index in [0.29, 0.717) is 24.6 Å². The number of carboxylic acids is 1. The highest BCUT2D eigenvalue weighted by molar-refractivity contribution is 5.72. The van der Waals surface area contributed by atoms with E-state index in [4.69, 9.17) is 19.3 Å². The average Bonchev–Trinajstić information content (AvgIpc) is 2.64. The van der Waals surface area contributed by atoms with Gasteiger partial charge < -0.3 is 23.9 Å². The van der Waals surface area contributed by atoms with Crippen LogP contribution < -0.4 is 19.6 Å². The second-order valence-corrected chi connectivity index (χ2v) is 5.66. The van der Waals surface area contributed by atoms with Gasteiger partial charge in [-0.1, -0.05) is 6.92 Å². The lowest BCUT2D eigenvalue weighted by atomic mass is 10.2. The molecule has 0 aliphatic rings. The van der Waals surface area contributed by atoms with E-state index in [0.717, 1.165) is 5.75 Å². The van der Waals surface area contributed by atoms with Crippen molar-refractivity contribution < 1.29 is 24.1 Å². The molecule has 0 fully saturated rings. The van der Waals surface area contributed by atoms with E-state index >= 15 is 0 Å². The van der Waals surface area contributed by atoms with E-state index in [1.807, 2.05) is 24.3 Å². The van der Waals surface area contributed by atoms with Crippen molar-refractivity contribution in [2.45, 2.75) is 32.9 Å². The summed E-state index contributed by atoms with van der Waals surface area (Å²) in [5.41, 5.74) is 0.227. The van der Waals surface area contributed by atoms with Gasteiger partial charge in [-0.25, -0.2) is 4.79 Å². The van der Waals surface area contributed by atoms with Crippen LogP contribution in [0.1, 0.15) is 19.0 Å². The second-order valence-electron chi connectivity index (χ2n) is 5.66. The number of aromatic nitrogens is 1. The third-order valence-corrected chi connectivity index (χ3v) is 3.96. The molecule has 0 radical (unpaired) electrons. The molecule has 2 rings (SSSR count). The minimum absolute atomic E-state index is 0.0613. The summed E-state index contributed by atoms with van der Waals surface area (Å²) in [7, 11) is 1.60. The monoisotopic (exact) mass is 361 g/mol. The Hall–Kier alpha value is -2.96. The van der Waals surface area contributed by atoms with E-state index in [9.17, 15) is 9.59 Å². The molecular formula is C19H23NO6. The molecule has 0 spiro atoms. The number of benzene rings is 1. The average molecular weight is 361 g/mol. The summed E-state index contributed by atoms with van der Waals surface area (Å²) >= 11 is 0. The van der Waals surface area contributed by atoms with Gasteiger partial charge in [0.2, 0.25) is 5.43 Å². The second kappa shape index (κ2) is 8.94. The van der Waals surface area contributed by atoms with E-state index in [2.05, 4.69) is 0 Å². The maximum atomic E-state index is 12.0. The Bertz CT molecular complexity index is 797. The molecule has 140 valence electrons. The summed E-state index contributed by atoms with van der Waals surface area (Å²) in [6.45, 7) is 4.28. The van der Waals surface area contributed by atoms with Crippen molar-refractivity contribution in [3.63, 3.8) is 0 Å². The number of carbonyl (C=O) groups is 1. The van der Waals surface area contributed by atoms with Crippen LogP contribution in [-0.2, 0) is 11.3 Å². The van der Waals surface area contributed by atoms with Crippen LogP contribution in [0, 0.1) is 6.92 Å². The van der Waals surface area contributed by atoms with E-state index < -0.39 is 12.1 Å². The molecule has 0 amide bonds. The first-order valence-electron chi connectivity index (χ1n) is 8.32. The van der Waals surface area contributed by atoms with Crippen LogP contribution in [0.25, 0.3) is 0 Å². The third-order valence-electron chi connectivity index (χ3n) is 3.96. The van der Waals surface area contributed by atoms with Crippen LogP contribution in [0.4, 0.5) is 0 Å². The molecule has 2 aromatic rings. The molecule has 1 atom stereocenters. The summed E-state index contributed by atoms with van der Waals surface area (Å²) in [4.78, 5) is 23.2. The molecule has 26 heavy (non-hydrogen) atoms. The van der Waals surface area contributed by atoms with E-state index in [1.165, 1.54) is 6.07 Å². The van der Waals surface area contributed by atoms with Crippen molar-refractivity contribution in [1.82, 2.24) is 4.57 Å². The molecule has 7 nitrogen and oxygen atoms in total. The fourth-order valence-electron chi connectivity index (χ4n) is 2.42. The van der Waals surface area contributed by atoms with Gasteiger partial charge in [-0.15, -0.1) is 0 Å². The lowest BCUT2D eigenvalue weighted by Gasteiger charge is -2.18. The molecular weight excluding hydrogens is 338 g/mol. The number of pyridine rings is 1. The van der Waals surface area contributed by atoms with Gasteiger partial charge in [0, 0.05) is 12.3 Å². The van der Waals surface area contributed by atoms with Crippen molar-refractivity contribution in [3.05, 3.63) is 52.4 Å². The summed E-state index contributed by atoms with van der Waals surface area (Å²) < 4.78 is 18.0. The number of hydrogen-bond donors (Lipinski definition) is 1. The smallest absolute Gasteiger partial charge is 0.344 e. The quantitative estimate of drug-likeness (QED) is 0.738. The lowest BCUT2D eigenvalue weighted by molar-refractivity contribution is -0.145. The standard InChI is InChI=1S/C19H23NO6/c1-4-17(19(22)23)26-18-13(2)20(10-9-16(18)21)11-12-25-15-7-5-14(24-3)6-8-15/h5-10,17H,4,11-12H2,1-3H3,(H,22,23). The summed E-state index contributed by atoms with van der Waals surface area (Å²) in [5.74, 6) is 0.424. The first kappa shape index (κ1) is 19.4. The predicted octanol–water partition coefficient (Wildman–Crippen LogP) is 2.49. The topological polar surface area (TPSA) is 87.0 Å². The van der Waals surface area contributed by atoms with Gasteiger partial charge in [-0.3, -0.25) is 4.79 Å². The number of ether oxygens (including phenoxy) is 3.